The summed E-state index contributed by atoms with van der Waals surface area (Å²) in [4.78, 5) is 65.7. The molecule has 0 saturated heterocycles. The zero-order valence-electron chi connectivity index (χ0n) is 26.9. The first-order chi connectivity index (χ1) is 22.7. The van der Waals surface area contributed by atoms with Gasteiger partial charge in [0.25, 0.3) is 0 Å². The molecular weight excluding hydrogens is 616 g/mol. The lowest BCUT2D eigenvalue weighted by molar-refractivity contribution is -0.137. The molecule has 8 bridgehead atoms. The number of hydrogen-bond donors (Lipinski definition) is 4. The van der Waals surface area contributed by atoms with Gasteiger partial charge in [-0.25, -0.2) is 24.8 Å². The first-order valence-electron chi connectivity index (χ1n) is 15.3. The monoisotopic (exact) mass is 650 g/mol. The largest absolute Gasteiger partial charge is 0.481 e. The van der Waals surface area contributed by atoms with E-state index >= 15 is 0 Å². The molecule has 12 heteroatoms. The maximum absolute atomic E-state index is 11.6. The van der Waals surface area contributed by atoms with E-state index in [2.05, 4.69) is 0 Å². The molecular formula is C36H34N4O8. The molecule has 5 rings (SSSR count). The standard InChI is InChI=1S/C36H34N4O8/c1-17-21(5-9-33(41)42)29-14-27-19(3)22(6-10-34(43)44)30(39-27)15-28-20(4)24(8-12-36(47)48)32(40-28)16-31-23(7-11-35(45)46)18(2)26(38-31)13-25(17)37-29/h5,9,13-16H,6-8,10-12H2,1-4H3,(H,41,42)(H,43,44)(H,45,46)(H,47,48). The molecule has 5 aliphatic heterocycles. The van der Waals surface area contributed by atoms with Crippen LogP contribution >= 0.6 is 0 Å². The highest BCUT2D eigenvalue weighted by Crippen LogP contribution is 2.38. The molecule has 0 atom stereocenters. The van der Waals surface area contributed by atoms with Crippen LogP contribution in [0.1, 0.15) is 66.2 Å². The van der Waals surface area contributed by atoms with Crippen LogP contribution in [0, 0.1) is 0 Å². The van der Waals surface area contributed by atoms with Gasteiger partial charge in [0.2, 0.25) is 0 Å². The van der Waals surface area contributed by atoms with Gasteiger partial charge in [-0.3, -0.25) is 14.4 Å². The third-order valence-corrected chi connectivity index (χ3v) is 8.72. The van der Waals surface area contributed by atoms with Crippen LogP contribution in [0.3, 0.4) is 0 Å². The number of aliphatic imine (C=N–C) groups is 4. The van der Waals surface area contributed by atoms with Crippen molar-refractivity contribution in [2.45, 2.75) is 66.2 Å². The molecule has 0 aromatic heterocycles. The van der Waals surface area contributed by atoms with Gasteiger partial charge in [-0.1, -0.05) is 0 Å². The summed E-state index contributed by atoms with van der Waals surface area (Å²) >= 11 is 0. The molecule has 5 aliphatic rings. The zero-order valence-corrected chi connectivity index (χ0v) is 26.9. The zero-order chi connectivity index (χ0) is 34.9. The Hall–Kier alpha value is -5.78. The van der Waals surface area contributed by atoms with Gasteiger partial charge in [-0.05, 0) is 116 Å². The van der Waals surface area contributed by atoms with Crippen molar-refractivity contribution >= 4 is 46.7 Å². The van der Waals surface area contributed by atoms with Crippen molar-refractivity contribution in [1.29, 1.82) is 0 Å². The number of allylic oxidation sites excluding steroid dienone is 12. The van der Waals surface area contributed by atoms with Gasteiger partial charge in [0.15, 0.2) is 0 Å². The van der Waals surface area contributed by atoms with Crippen LogP contribution in [-0.2, 0) is 19.2 Å². The minimum absolute atomic E-state index is 0.133. The van der Waals surface area contributed by atoms with E-state index in [1.807, 2.05) is 27.7 Å². The van der Waals surface area contributed by atoms with Crippen LogP contribution in [-0.4, -0.2) is 67.2 Å². The number of carboxylic acids is 4. The second-order valence-corrected chi connectivity index (χ2v) is 11.8. The van der Waals surface area contributed by atoms with Crippen LogP contribution in [0.25, 0.3) is 0 Å². The lowest BCUT2D eigenvalue weighted by Crippen LogP contribution is -2.04. The number of fused-ring (bicyclic) bond motifs is 4. The normalized spacial score (nSPS) is 18.9. The highest BCUT2D eigenvalue weighted by Gasteiger charge is 2.29. The molecule has 0 fully saturated rings. The molecule has 0 radical (unpaired) electrons. The predicted octanol–water partition coefficient (Wildman–Crippen LogP) is 5.86. The molecule has 0 saturated carbocycles. The minimum atomic E-state index is -1.13. The van der Waals surface area contributed by atoms with Crippen molar-refractivity contribution in [3.8, 4) is 0 Å². The Labute approximate surface area is 276 Å². The van der Waals surface area contributed by atoms with E-state index in [0.717, 1.165) is 22.8 Å². The summed E-state index contributed by atoms with van der Waals surface area (Å²) in [5.41, 5.74) is 9.74. The lowest BCUT2D eigenvalue weighted by Gasteiger charge is -2.07. The van der Waals surface area contributed by atoms with Crippen molar-refractivity contribution in [2.24, 2.45) is 20.0 Å². The van der Waals surface area contributed by atoms with E-state index in [4.69, 9.17) is 20.0 Å². The first kappa shape index (κ1) is 33.6. The number of rotatable bonds is 11. The lowest BCUT2D eigenvalue weighted by atomic mass is 9.95. The molecule has 0 aromatic rings. The van der Waals surface area contributed by atoms with E-state index in [0.29, 0.717) is 73.5 Å². The molecule has 12 nitrogen and oxygen atoms in total. The summed E-state index contributed by atoms with van der Waals surface area (Å²) in [5.74, 6) is -4.03. The fraction of sp³-hybridized carbons (Fsp3) is 0.278. The van der Waals surface area contributed by atoms with Gasteiger partial charge in [0, 0.05) is 30.9 Å². The molecule has 5 heterocycles. The Balaban J connectivity index is 1.79. The van der Waals surface area contributed by atoms with Gasteiger partial charge < -0.3 is 20.4 Å². The van der Waals surface area contributed by atoms with Gasteiger partial charge in [-0.2, -0.15) is 0 Å². The highest BCUT2D eigenvalue weighted by atomic mass is 16.4. The van der Waals surface area contributed by atoms with E-state index in [1.54, 1.807) is 24.3 Å². The van der Waals surface area contributed by atoms with Crippen LogP contribution in [0.2, 0.25) is 0 Å². The first-order valence-corrected chi connectivity index (χ1v) is 15.3. The molecule has 0 spiro atoms. The fourth-order valence-electron chi connectivity index (χ4n) is 6.04. The van der Waals surface area contributed by atoms with Gasteiger partial charge in [0.1, 0.15) is 0 Å². The summed E-state index contributed by atoms with van der Waals surface area (Å²) in [6, 6.07) is 0. The number of aliphatic carboxylic acids is 4. The number of nitrogens with zero attached hydrogens (tertiary/aromatic N) is 4. The third kappa shape index (κ3) is 6.97. The second-order valence-electron chi connectivity index (χ2n) is 11.8. The van der Waals surface area contributed by atoms with E-state index in [9.17, 15) is 39.6 Å². The molecule has 48 heavy (non-hydrogen) atoms. The average molecular weight is 651 g/mol. The molecule has 0 unspecified atom stereocenters. The van der Waals surface area contributed by atoms with Crippen LogP contribution in [0.5, 0.6) is 0 Å². The topological polar surface area (TPSA) is 199 Å². The minimum Gasteiger partial charge on any atom is -0.481 e. The van der Waals surface area contributed by atoms with Crippen molar-refractivity contribution in [3.05, 3.63) is 104 Å². The third-order valence-electron chi connectivity index (χ3n) is 8.72. The van der Waals surface area contributed by atoms with Gasteiger partial charge in [0.05, 0.1) is 45.6 Å². The summed E-state index contributed by atoms with van der Waals surface area (Å²) in [5, 5.41) is 37.8. The second kappa shape index (κ2) is 13.5. The molecule has 4 N–H and O–H groups in total. The maximum atomic E-state index is 11.6. The van der Waals surface area contributed by atoms with Gasteiger partial charge >= 0.3 is 23.9 Å². The fourth-order valence-corrected chi connectivity index (χ4v) is 6.04. The number of carbonyl (C=O) groups is 4. The quantitative estimate of drug-likeness (QED) is 0.199. The smallest absolute Gasteiger partial charge is 0.328 e. The van der Waals surface area contributed by atoms with Crippen molar-refractivity contribution in [2.75, 3.05) is 0 Å². The SMILES string of the molecule is CC1=C(C=CC(=O)O)C2=CC3=NC(=CC4=NC(=CC5=NC(=CC1=N2)C(C)=C5CCC(=O)O)C(CCC(=O)O)=C4C)C(CCC(=O)O)=C3C. The summed E-state index contributed by atoms with van der Waals surface area (Å²) in [7, 11) is 0. The van der Waals surface area contributed by atoms with E-state index < -0.39 is 23.9 Å². The Bertz CT molecular complexity index is 1980. The Morgan fingerprint density at radius 2 is 0.917 bits per heavy atom. The Morgan fingerprint density at radius 1 is 0.521 bits per heavy atom. The molecule has 0 aliphatic carbocycles. The van der Waals surface area contributed by atoms with Crippen LogP contribution < -0.4 is 0 Å². The van der Waals surface area contributed by atoms with E-state index in [-0.39, 0.29) is 38.5 Å². The highest BCUT2D eigenvalue weighted by molar-refractivity contribution is 6.20. The van der Waals surface area contributed by atoms with Crippen molar-refractivity contribution in [1.82, 2.24) is 0 Å². The Morgan fingerprint density at radius 3 is 1.42 bits per heavy atom. The van der Waals surface area contributed by atoms with Gasteiger partial charge in [-0.15, -0.1) is 0 Å². The van der Waals surface area contributed by atoms with Crippen LogP contribution in [0.4, 0.5) is 0 Å². The Kier molecular flexibility index (Phi) is 9.46. The van der Waals surface area contributed by atoms with E-state index in [1.165, 1.54) is 6.08 Å². The molecule has 0 aromatic carbocycles. The van der Waals surface area contributed by atoms with Crippen LogP contribution in [0.15, 0.2) is 124 Å². The van der Waals surface area contributed by atoms with Crippen molar-refractivity contribution in [3.63, 3.8) is 0 Å². The number of carboxylic acid groups (broad SMARTS) is 4. The predicted molar refractivity (Wildman–Crippen MR) is 180 cm³/mol. The summed E-state index contributed by atoms with van der Waals surface area (Å²) in [6.45, 7) is 7.35. The summed E-state index contributed by atoms with van der Waals surface area (Å²) in [6.07, 6.45) is 9.72. The molecule has 0 amide bonds. The van der Waals surface area contributed by atoms with Crippen molar-refractivity contribution < 1.29 is 39.6 Å². The molecule has 246 valence electrons. The number of hydrogen-bond acceptors (Lipinski definition) is 8. The average Bonchev–Trinajstić information content (AvgIpc) is 3.66. The maximum Gasteiger partial charge on any atom is 0.328 e. The summed E-state index contributed by atoms with van der Waals surface area (Å²) < 4.78 is 0.